The van der Waals surface area contributed by atoms with Crippen molar-refractivity contribution in [3.05, 3.63) is 12.7 Å². The Balaban J connectivity index is 2.03. The molecule has 2 atom stereocenters. The van der Waals surface area contributed by atoms with Crippen LogP contribution in [0.2, 0.25) is 0 Å². The van der Waals surface area contributed by atoms with Gasteiger partial charge in [-0.25, -0.2) is 0 Å². The molecule has 2 unspecified atom stereocenters. The van der Waals surface area contributed by atoms with E-state index >= 15 is 0 Å². The summed E-state index contributed by atoms with van der Waals surface area (Å²) in [6.45, 7) is 6.61. The molecule has 2 rings (SSSR count). The lowest BCUT2D eigenvalue weighted by molar-refractivity contribution is -0.131. The molecule has 1 spiro atoms. The van der Waals surface area contributed by atoms with Gasteiger partial charge in [0.25, 0.3) is 0 Å². The Morgan fingerprint density at radius 3 is 2.80 bits per heavy atom. The summed E-state index contributed by atoms with van der Waals surface area (Å²) in [5.74, 6) is 0. The average Bonchev–Trinajstić information content (AvgIpc) is 2.79. The van der Waals surface area contributed by atoms with Crippen LogP contribution in [0.15, 0.2) is 12.7 Å². The third-order valence-corrected chi connectivity index (χ3v) is 3.90. The molecule has 0 amide bonds. The fourth-order valence-electron chi connectivity index (χ4n) is 3.19. The van der Waals surface area contributed by atoms with Crippen molar-refractivity contribution in [3.63, 3.8) is 0 Å². The molecule has 0 radical (unpaired) electrons. The van der Waals surface area contributed by atoms with E-state index in [9.17, 15) is 0 Å². The SMILES string of the molecule is C=CCC1OC(OCC)CC12CCCC2. The van der Waals surface area contributed by atoms with Crippen LogP contribution in [-0.4, -0.2) is 19.0 Å². The molecule has 86 valence electrons. The van der Waals surface area contributed by atoms with Gasteiger partial charge in [-0.15, -0.1) is 6.58 Å². The summed E-state index contributed by atoms with van der Waals surface area (Å²) < 4.78 is 11.6. The number of rotatable bonds is 4. The lowest BCUT2D eigenvalue weighted by atomic mass is 9.78. The van der Waals surface area contributed by atoms with Gasteiger partial charge >= 0.3 is 0 Å². The Labute approximate surface area is 92.6 Å². The summed E-state index contributed by atoms with van der Waals surface area (Å²) in [6.07, 6.45) is 9.80. The normalized spacial score (nSPS) is 33.7. The molecule has 2 heteroatoms. The number of hydrogen-bond donors (Lipinski definition) is 0. The molecule has 0 bridgehead atoms. The van der Waals surface area contributed by atoms with Crippen molar-refractivity contribution in [1.29, 1.82) is 0 Å². The van der Waals surface area contributed by atoms with E-state index in [1.54, 1.807) is 0 Å². The molecule has 0 aromatic rings. The van der Waals surface area contributed by atoms with Gasteiger partial charge in [0.2, 0.25) is 0 Å². The molecule has 2 aliphatic rings. The van der Waals surface area contributed by atoms with Crippen molar-refractivity contribution in [2.45, 2.75) is 57.8 Å². The predicted molar refractivity (Wildman–Crippen MR) is 60.6 cm³/mol. The van der Waals surface area contributed by atoms with Gasteiger partial charge in [-0.1, -0.05) is 18.9 Å². The Kier molecular flexibility index (Phi) is 3.47. The highest BCUT2D eigenvalue weighted by Crippen LogP contribution is 2.52. The summed E-state index contributed by atoms with van der Waals surface area (Å²) in [5, 5.41) is 0. The summed E-state index contributed by atoms with van der Waals surface area (Å²) in [5.41, 5.74) is 0.411. The van der Waals surface area contributed by atoms with Gasteiger partial charge < -0.3 is 9.47 Å². The second-order valence-electron chi connectivity index (χ2n) is 4.81. The summed E-state index contributed by atoms with van der Waals surface area (Å²) >= 11 is 0. The average molecular weight is 210 g/mol. The van der Waals surface area contributed by atoms with E-state index in [2.05, 4.69) is 6.58 Å². The zero-order chi connectivity index (χ0) is 10.7. The highest BCUT2D eigenvalue weighted by Gasteiger charge is 2.49. The summed E-state index contributed by atoms with van der Waals surface area (Å²) in [7, 11) is 0. The van der Waals surface area contributed by atoms with Crippen molar-refractivity contribution in [2.24, 2.45) is 5.41 Å². The fourth-order valence-corrected chi connectivity index (χ4v) is 3.19. The first-order valence-corrected chi connectivity index (χ1v) is 6.19. The second-order valence-corrected chi connectivity index (χ2v) is 4.81. The van der Waals surface area contributed by atoms with Gasteiger partial charge in [0.05, 0.1) is 6.10 Å². The lowest BCUT2D eigenvalue weighted by Crippen LogP contribution is -2.27. The topological polar surface area (TPSA) is 18.5 Å². The van der Waals surface area contributed by atoms with E-state index in [0.29, 0.717) is 11.5 Å². The monoisotopic (exact) mass is 210 g/mol. The van der Waals surface area contributed by atoms with Crippen molar-refractivity contribution in [3.8, 4) is 0 Å². The molecule has 1 saturated heterocycles. The van der Waals surface area contributed by atoms with Crippen LogP contribution in [0.25, 0.3) is 0 Å². The molecule has 1 heterocycles. The Bertz CT molecular complexity index is 219. The first kappa shape index (κ1) is 11.2. The van der Waals surface area contributed by atoms with E-state index in [0.717, 1.165) is 19.4 Å². The molecule has 0 aromatic carbocycles. The van der Waals surface area contributed by atoms with Crippen LogP contribution in [0.1, 0.15) is 45.4 Å². The molecule has 2 nitrogen and oxygen atoms in total. The molecule has 0 aromatic heterocycles. The predicted octanol–water partition coefficient (Wildman–Crippen LogP) is 3.27. The minimum absolute atomic E-state index is 0.0399. The van der Waals surface area contributed by atoms with Crippen LogP contribution >= 0.6 is 0 Å². The molecule has 15 heavy (non-hydrogen) atoms. The quantitative estimate of drug-likeness (QED) is 0.663. The Morgan fingerprint density at radius 2 is 2.20 bits per heavy atom. The van der Waals surface area contributed by atoms with Crippen molar-refractivity contribution in [1.82, 2.24) is 0 Å². The van der Waals surface area contributed by atoms with Gasteiger partial charge in [-0.2, -0.15) is 0 Å². The van der Waals surface area contributed by atoms with Crippen LogP contribution in [0.4, 0.5) is 0 Å². The third kappa shape index (κ3) is 2.11. The maximum Gasteiger partial charge on any atom is 0.158 e. The Morgan fingerprint density at radius 1 is 1.47 bits per heavy atom. The highest BCUT2D eigenvalue weighted by atomic mass is 16.7. The van der Waals surface area contributed by atoms with Crippen LogP contribution in [0, 0.1) is 5.41 Å². The van der Waals surface area contributed by atoms with E-state index in [1.807, 2.05) is 13.0 Å². The number of hydrogen-bond acceptors (Lipinski definition) is 2. The van der Waals surface area contributed by atoms with Gasteiger partial charge in [0, 0.05) is 18.4 Å². The van der Waals surface area contributed by atoms with Crippen molar-refractivity contribution < 1.29 is 9.47 Å². The molecule has 2 fully saturated rings. The molecule has 0 N–H and O–H groups in total. The molecular formula is C13H22O2. The summed E-state index contributed by atoms with van der Waals surface area (Å²) in [4.78, 5) is 0. The zero-order valence-corrected chi connectivity index (χ0v) is 9.71. The van der Waals surface area contributed by atoms with E-state index in [1.165, 1.54) is 25.7 Å². The minimum atomic E-state index is 0.0399. The molecule has 1 aliphatic heterocycles. The largest absolute Gasteiger partial charge is 0.353 e. The maximum absolute atomic E-state index is 5.99. The molecule has 1 saturated carbocycles. The third-order valence-electron chi connectivity index (χ3n) is 3.90. The second kappa shape index (κ2) is 4.67. The van der Waals surface area contributed by atoms with Gasteiger partial charge in [0.15, 0.2) is 6.29 Å². The van der Waals surface area contributed by atoms with Crippen LogP contribution in [0.5, 0.6) is 0 Å². The van der Waals surface area contributed by atoms with E-state index < -0.39 is 0 Å². The highest BCUT2D eigenvalue weighted by molar-refractivity contribution is 4.98. The van der Waals surface area contributed by atoms with Gasteiger partial charge in [-0.3, -0.25) is 0 Å². The van der Waals surface area contributed by atoms with Crippen LogP contribution in [0.3, 0.4) is 0 Å². The van der Waals surface area contributed by atoms with E-state index in [-0.39, 0.29) is 6.29 Å². The fraction of sp³-hybridized carbons (Fsp3) is 0.846. The maximum atomic E-state index is 5.99. The van der Waals surface area contributed by atoms with Gasteiger partial charge in [-0.05, 0) is 26.2 Å². The Hall–Kier alpha value is -0.340. The van der Waals surface area contributed by atoms with Gasteiger partial charge in [0.1, 0.15) is 0 Å². The summed E-state index contributed by atoms with van der Waals surface area (Å²) in [6, 6.07) is 0. The number of ether oxygens (including phenoxy) is 2. The minimum Gasteiger partial charge on any atom is -0.353 e. The van der Waals surface area contributed by atoms with Crippen molar-refractivity contribution in [2.75, 3.05) is 6.61 Å². The van der Waals surface area contributed by atoms with E-state index in [4.69, 9.17) is 9.47 Å². The smallest absolute Gasteiger partial charge is 0.158 e. The van der Waals surface area contributed by atoms with Crippen LogP contribution in [-0.2, 0) is 9.47 Å². The molecule has 1 aliphatic carbocycles. The van der Waals surface area contributed by atoms with Crippen LogP contribution < -0.4 is 0 Å². The van der Waals surface area contributed by atoms with Crippen molar-refractivity contribution >= 4 is 0 Å². The lowest BCUT2D eigenvalue weighted by Gasteiger charge is -2.27. The first-order valence-electron chi connectivity index (χ1n) is 6.19. The zero-order valence-electron chi connectivity index (χ0n) is 9.71. The molecular weight excluding hydrogens is 188 g/mol. The standard InChI is InChI=1S/C13H22O2/c1-3-7-11-13(8-5-6-9-13)10-12(15-11)14-4-2/h3,11-12H,1,4-10H2,2H3. The first-order chi connectivity index (χ1) is 7.30.